The summed E-state index contributed by atoms with van der Waals surface area (Å²) in [7, 11) is 0. The number of carbonyl (C=O) groups excluding carboxylic acids is 2. The van der Waals surface area contributed by atoms with Crippen molar-refractivity contribution < 1.29 is 24.2 Å². The molecule has 32 heavy (non-hydrogen) atoms. The average Bonchev–Trinajstić information content (AvgIpc) is 3.36. The molecule has 7 nitrogen and oxygen atoms in total. The molecule has 8 heteroatoms. The zero-order valence-corrected chi connectivity index (χ0v) is 17.7. The van der Waals surface area contributed by atoms with Crippen LogP contribution in [0, 0.1) is 6.92 Å². The second-order valence-corrected chi connectivity index (χ2v) is 7.86. The molecule has 1 N–H and O–H groups in total. The van der Waals surface area contributed by atoms with Crippen molar-refractivity contribution >= 4 is 34.7 Å². The Labute approximate surface area is 188 Å². The largest absolute Gasteiger partial charge is 0.507 e. The molecule has 5 rings (SSSR count). The molecule has 160 valence electrons. The minimum absolute atomic E-state index is 0.0538. The number of carbonyl (C=O) groups is 2. The number of pyridine rings is 1. The second-order valence-electron chi connectivity index (χ2n) is 7.42. The molecule has 1 fully saturated rings. The number of hydrogen-bond acceptors (Lipinski definition) is 6. The van der Waals surface area contributed by atoms with Crippen molar-refractivity contribution in [3.05, 3.63) is 88.2 Å². The van der Waals surface area contributed by atoms with Gasteiger partial charge in [0.25, 0.3) is 11.7 Å². The molecule has 2 aliphatic heterocycles. The molecule has 2 aliphatic rings. The zero-order valence-electron chi connectivity index (χ0n) is 16.9. The van der Waals surface area contributed by atoms with Crippen molar-refractivity contribution in [2.75, 3.05) is 11.7 Å². The number of amides is 1. The molecule has 0 radical (unpaired) electrons. The molecule has 2 aromatic carbocycles. The number of rotatable bonds is 3. The average molecular weight is 449 g/mol. The Morgan fingerprint density at radius 2 is 1.91 bits per heavy atom. The first-order chi connectivity index (χ1) is 15.5. The maximum atomic E-state index is 13.2. The van der Waals surface area contributed by atoms with E-state index in [1.165, 1.54) is 4.90 Å². The van der Waals surface area contributed by atoms with E-state index in [-0.39, 0.29) is 18.1 Å². The van der Waals surface area contributed by atoms with Gasteiger partial charge >= 0.3 is 0 Å². The van der Waals surface area contributed by atoms with Crippen LogP contribution in [0.15, 0.2) is 66.4 Å². The number of fused-ring (bicyclic) bond motifs is 1. The van der Waals surface area contributed by atoms with Crippen LogP contribution >= 0.6 is 11.6 Å². The van der Waals surface area contributed by atoms with Gasteiger partial charge in [-0.1, -0.05) is 17.7 Å². The van der Waals surface area contributed by atoms with Crippen LogP contribution in [-0.4, -0.2) is 28.6 Å². The summed E-state index contributed by atoms with van der Waals surface area (Å²) in [6.45, 7) is 1.88. The summed E-state index contributed by atoms with van der Waals surface area (Å²) in [5, 5.41) is 11.7. The number of Topliss-reactive ketones (excluding diaryl/α,β-unsaturated/α-hetero) is 1. The number of aliphatic hydroxyl groups excluding tert-OH is 1. The van der Waals surface area contributed by atoms with Crippen molar-refractivity contribution in [3.8, 4) is 11.5 Å². The molecule has 1 amide bonds. The Balaban J connectivity index is 1.71. The summed E-state index contributed by atoms with van der Waals surface area (Å²) in [6.07, 6.45) is 1.57. The number of nitrogens with zero attached hydrogens (tertiary/aromatic N) is 2. The minimum Gasteiger partial charge on any atom is -0.507 e. The lowest BCUT2D eigenvalue weighted by Crippen LogP contribution is -2.30. The van der Waals surface area contributed by atoms with Gasteiger partial charge in [0.2, 0.25) is 6.79 Å². The monoisotopic (exact) mass is 448 g/mol. The van der Waals surface area contributed by atoms with Gasteiger partial charge in [-0.2, -0.15) is 0 Å². The minimum atomic E-state index is -0.915. The van der Waals surface area contributed by atoms with Crippen LogP contribution in [0.1, 0.15) is 22.9 Å². The summed E-state index contributed by atoms with van der Waals surface area (Å²) in [5.74, 6) is -0.878. The van der Waals surface area contributed by atoms with Gasteiger partial charge in [-0.15, -0.1) is 0 Å². The molecule has 1 unspecified atom stereocenters. The number of ketones is 1. The second kappa shape index (κ2) is 7.69. The lowest BCUT2D eigenvalue weighted by atomic mass is 9.97. The Bertz CT molecular complexity index is 1290. The van der Waals surface area contributed by atoms with Crippen LogP contribution in [0.5, 0.6) is 11.5 Å². The standard InChI is InChI=1S/C24H17ClN2O5/c1-13-10-15(25)6-7-17(13)27-21(16-4-2-3-9-26-16)20(23(29)24(27)30)22(28)14-5-8-18-19(11-14)32-12-31-18/h2-11,21,28H,12H2,1H3/b22-20-. The Hall–Kier alpha value is -3.84. The highest BCUT2D eigenvalue weighted by atomic mass is 35.5. The number of aliphatic hydroxyl groups is 1. The van der Waals surface area contributed by atoms with Crippen LogP contribution in [-0.2, 0) is 9.59 Å². The first-order valence-corrected chi connectivity index (χ1v) is 10.2. The van der Waals surface area contributed by atoms with E-state index >= 15 is 0 Å². The van der Waals surface area contributed by atoms with E-state index < -0.39 is 17.7 Å². The van der Waals surface area contributed by atoms with E-state index in [1.54, 1.807) is 67.7 Å². The molecule has 1 atom stereocenters. The van der Waals surface area contributed by atoms with Crippen molar-refractivity contribution in [2.24, 2.45) is 0 Å². The molecule has 0 spiro atoms. The maximum Gasteiger partial charge on any atom is 0.300 e. The highest BCUT2D eigenvalue weighted by Gasteiger charge is 2.48. The van der Waals surface area contributed by atoms with Gasteiger partial charge in [-0.25, -0.2) is 0 Å². The Morgan fingerprint density at radius 3 is 2.66 bits per heavy atom. The third-order valence-corrected chi connectivity index (χ3v) is 5.71. The molecule has 3 aromatic rings. The fourth-order valence-corrected chi connectivity index (χ4v) is 4.21. The van der Waals surface area contributed by atoms with Crippen molar-refractivity contribution in [2.45, 2.75) is 13.0 Å². The molecular weight excluding hydrogens is 432 g/mol. The van der Waals surface area contributed by atoms with Crippen molar-refractivity contribution in [1.29, 1.82) is 0 Å². The Morgan fingerprint density at radius 1 is 1.09 bits per heavy atom. The van der Waals surface area contributed by atoms with E-state index in [0.717, 1.165) is 0 Å². The number of anilines is 1. The first-order valence-electron chi connectivity index (χ1n) is 9.84. The summed E-state index contributed by atoms with van der Waals surface area (Å²) in [5.41, 5.74) is 1.95. The normalized spacial score (nSPS) is 18.9. The number of aromatic nitrogens is 1. The fraction of sp³-hybridized carbons (Fsp3) is 0.125. The number of ether oxygens (including phenoxy) is 2. The van der Waals surface area contributed by atoms with E-state index in [1.807, 2.05) is 0 Å². The van der Waals surface area contributed by atoms with E-state index in [2.05, 4.69) is 4.98 Å². The van der Waals surface area contributed by atoms with Gasteiger partial charge in [0.05, 0.1) is 11.3 Å². The van der Waals surface area contributed by atoms with Crippen LogP contribution in [0.4, 0.5) is 5.69 Å². The molecule has 1 aromatic heterocycles. The summed E-state index contributed by atoms with van der Waals surface area (Å²) < 4.78 is 10.7. The summed E-state index contributed by atoms with van der Waals surface area (Å²) in [4.78, 5) is 32.1. The third-order valence-electron chi connectivity index (χ3n) is 5.48. The summed E-state index contributed by atoms with van der Waals surface area (Å²) >= 11 is 6.09. The smallest absolute Gasteiger partial charge is 0.300 e. The van der Waals surface area contributed by atoms with Crippen LogP contribution in [0.25, 0.3) is 5.76 Å². The number of halogens is 1. The van der Waals surface area contributed by atoms with Gasteiger partial charge in [-0.05, 0) is 61.0 Å². The van der Waals surface area contributed by atoms with Gasteiger partial charge in [0.1, 0.15) is 11.8 Å². The highest BCUT2D eigenvalue weighted by Crippen LogP contribution is 2.43. The number of aryl methyl sites for hydroxylation is 1. The number of benzene rings is 2. The maximum absolute atomic E-state index is 13.2. The molecule has 0 saturated carbocycles. The van der Waals surface area contributed by atoms with Gasteiger partial charge in [-0.3, -0.25) is 19.5 Å². The lowest BCUT2D eigenvalue weighted by Gasteiger charge is -2.26. The van der Waals surface area contributed by atoms with Crippen molar-refractivity contribution in [1.82, 2.24) is 4.98 Å². The topological polar surface area (TPSA) is 89.0 Å². The first kappa shape index (κ1) is 20.1. The fourth-order valence-electron chi connectivity index (χ4n) is 3.99. The van der Waals surface area contributed by atoms with E-state index in [4.69, 9.17) is 21.1 Å². The molecule has 1 saturated heterocycles. The number of hydrogen-bond donors (Lipinski definition) is 1. The van der Waals surface area contributed by atoms with E-state index in [0.29, 0.717) is 39.0 Å². The molecule has 3 heterocycles. The van der Waals surface area contributed by atoms with Gasteiger partial charge in [0, 0.05) is 22.5 Å². The highest BCUT2D eigenvalue weighted by molar-refractivity contribution is 6.51. The predicted octanol–water partition coefficient (Wildman–Crippen LogP) is 4.40. The van der Waals surface area contributed by atoms with E-state index in [9.17, 15) is 14.7 Å². The lowest BCUT2D eigenvalue weighted by molar-refractivity contribution is -0.132. The van der Waals surface area contributed by atoms with Crippen LogP contribution in [0.3, 0.4) is 0 Å². The Kier molecular flexibility index (Phi) is 4.83. The summed E-state index contributed by atoms with van der Waals surface area (Å²) in [6, 6.07) is 14.2. The molecule has 0 aliphatic carbocycles. The van der Waals surface area contributed by atoms with Gasteiger partial charge in [0.15, 0.2) is 11.5 Å². The van der Waals surface area contributed by atoms with Gasteiger partial charge < -0.3 is 14.6 Å². The quantitative estimate of drug-likeness (QED) is 0.363. The van der Waals surface area contributed by atoms with Crippen LogP contribution < -0.4 is 14.4 Å². The molecular formula is C24H17ClN2O5. The predicted molar refractivity (Wildman–Crippen MR) is 118 cm³/mol. The SMILES string of the molecule is Cc1cc(Cl)ccc1N1C(=O)C(=O)/C(=C(\O)c2ccc3c(c2)OCO3)C1c1ccccn1. The van der Waals surface area contributed by atoms with Crippen LogP contribution in [0.2, 0.25) is 5.02 Å². The molecule has 0 bridgehead atoms. The third kappa shape index (κ3) is 3.18. The zero-order chi connectivity index (χ0) is 22.4. The van der Waals surface area contributed by atoms with Crippen molar-refractivity contribution in [3.63, 3.8) is 0 Å².